The van der Waals surface area contributed by atoms with E-state index in [4.69, 9.17) is 10.5 Å². The Balaban J connectivity index is 2.37. The number of fused-ring (bicyclic) bond motifs is 1. The van der Waals surface area contributed by atoms with Crippen molar-refractivity contribution in [2.24, 2.45) is 5.73 Å². The number of carbonyl (C=O) groups is 1. The van der Waals surface area contributed by atoms with Gasteiger partial charge < -0.3 is 15.4 Å². The Morgan fingerprint density at radius 3 is 2.75 bits per heavy atom. The highest BCUT2D eigenvalue weighted by Crippen LogP contribution is 2.36. The van der Waals surface area contributed by atoms with E-state index in [1.807, 2.05) is 23.1 Å². The Morgan fingerprint density at radius 1 is 1.35 bits per heavy atom. The predicted octanol–water partition coefficient (Wildman–Crippen LogP) is 3.01. The van der Waals surface area contributed by atoms with E-state index in [2.05, 4.69) is 13.8 Å². The molecular formula is C16H24N2O2. The summed E-state index contributed by atoms with van der Waals surface area (Å²) in [5.74, 6) is 0.804. The summed E-state index contributed by atoms with van der Waals surface area (Å²) in [6.07, 6.45) is 2.49. The summed E-state index contributed by atoms with van der Waals surface area (Å²) in [6, 6.07) is 5.97. The fraction of sp³-hybridized carbons (Fsp3) is 0.562. The molecule has 2 atom stereocenters. The lowest BCUT2D eigenvalue weighted by Gasteiger charge is -2.33. The number of ether oxygens (including phenoxy) is 1. The van der Waals surface area contributed by atoms with Crippen LogP contribution in [-0.2, 0) is 4.79 Å². The number of anilines is 1. The van der Waals surface area contributed by atoms with Gasteiger partial charge in [0.15, 0.2) is 6.10 Å². The summed E-state index contributed by atoms with van der Waals surface area (Å²) >= 11 is 0. The predicted molar refractivity (Wildman–Crippen MR) is 81.0 cm³/mol. The maximum atomic E-state index is 12.3. The Hall–Kier alpha value is -1.55. The number of hydrogen-bond acceptors (Lipinski definition) is 3. The molecule has 0 saturated carbocycles. The summed E-state index contributed by atoms with van der Waals surface area (Å²) in [6.45, 7) is 6.70. The normalized spacial score (nSPS) is 19.5. The van der Waals surface area contributed by atoms with Crippen molar-refractivity contribution in [3.8, 4) is 5.75 Å². The van der Waals surface area contributed by atoms with E-state index in [1.165, 1.54) is 0 Å². The summed E-state index contributed by atoms with van der Waals surface area (Å²) in [4.78, 5) is 14.1. The van der Waals surface area contributed by atoms with Gasteiger partial charge in [0.1, 0.15) is 5.75 Å². The summed E-state index contributed by atoms with van der Waals surface area (Å²) in [5, 5.41) is 0. The lowest BCUT2D eigenvalue weighted by molar-refractivity contribution is -0.125. The van der Waals surface area contributed by atoms with Crippen LogP contribution in [0.1, 0.15) is 51.6 Å². The minimum Gasteiger partial charge on any atom is -0.479 e. The molecule has 0 saturated heterocycles. The van der Waals surface area contributed by atoms with E-state index >= 15 is 0 Å². The molecule has 1 aliphatic heterocycles. The molecule has 0 bridgehead atoms. The van der Waals surface area contributed by atoms with Crippen molar-refractivity contribution in [1.82, 2.24) is 0 Å². The van der Waals surface area contributed by atoms with Crippen LogP contribution in [0.2, 0.25) is 0 Å². The first-order chi connectivity index (χ1) is 9.58. The zero-order valence-corrected chi connectivity index (χ0v) is 12.6. The molecule has 20 heavy (non-hydrogen) atoms. The van der Waals surface area contributed by atoms with Gasteiger partial charge in [-0.2, -0.15) is 0 Å². The fourth-order valence-electron chi connectivity index (χ4n) is 2.59. The van der Waals surface area contributed by atoms with Crippen molar-refractivity contribution in [2.75, 3.05) is 11.4 Å². The highest BCUT2D eigenvalue weighted by Gasteiger charge is 2.31. The highest BCUT2D eigenvalue weighted by molar-refractivity contribution is 5.99. The zero-order valence-electron chi connectivity index (χ0n) is 12.6. The lowest BCUT2D eigenvalue weighted by atomic mass is 10.0. The monoisotopic (exact) mass is 276 g/mol. The SMILES string of the molecule is CCCC(N)c1ccc2c(c1)N(CCC)C(=O)C(C)O2. The van der Waals surface area contributed by atoms with Crippen LogP contribution in [0.4, 0.5) is 5.69 Å². The van der Waals surface area contributed by atoms with E-state index in [0.717, 1.165) is 36.3 Å². The Bertz CT molecular complexity index is 487. The number of carbonyl (C=O) groups excluding carboxylic acids is 1. The van der Waals surface area contributed by atoms with E-state index in [1.54, 1.807) is 6.92 Å². The molecule has 0 aliphatic carbocycles. The van der Waals surface area contributed by atoms with Crippen molar-refractivity contribution in [2.45, 2.75) is 52.2 Å². The number of nitrogens with zero attached hydrogens (tertiary/aromatic N) is 1. The lowest BCUT2D eigenvalue weighted by Crippen LogP contribution is -2.44. The van der Waals surface area contributed by atoms with E-state index in [-0.39, 0.29) is 11.9 Å². The van der Waals surface area contributed by atoms with Gasteiger partial charge in [0.05, 0.1) is 5.69 Å². The van der Waals surface area contributed by atoms with Crippen LogP contribution in [0, 0.1) is 0 Å². The molecule has 110 valence electrons. The van der Waals surface area contributed by atoms with Crippen molar-refractivity contribution < 1.29 is 9.53 Å². The number of hydrogen-bond donors (Lipinski definition) is 1. The van der Waals surface area contributed by atoms with Crippen LogP contribution in [0.15, 0.2) is 18.2 Å². The first-order valence-electron chi connectivity index (χ1n) is 7.46. The molecule has 2 unspecified atom stereocenters. The number of rotatable bonds is 5. The van der Waals surface area contributed by atoms with Gasteiger partial charge in [-0.25, -0.2) is 0 Å². The minimum atomic E-state index is -0.413. The first-order valence-corrected chi connectivity index (χ1v) is 7.46. The molecule has 1 aliphatic rings. The molecule has 1 aromatic carbocycles. The van der Waals surface area contributed by atoms with Gasteiger partial charge in [0, 0.05) is 12.6 Å². The van der Waals surface area contributed by atoms with Gasteiger partial charge in [-0.3, -0.25) is 4.79 Å². The molecular weight excluding hydrogens is 252 g/mol. The molecule has 0 radical (unpaired) electrons. The number of amides is 1. The highest BCUT2D eigenvalue weighted by atomic mass is 16.5. The third-order valence-corrected chi connectivity index (χ3v) is 3.67. The van der Waals surface area contributed by atoms with Gasteiger partial charge in [0.25, 0.3) is 5.91 Å². The molecule has 0 fully saturated rings. The average molecular weight is 276 g/mol. The van der Waals surface area contributed by atoms with Gasteiger partial charge >= 0.3 is 0 Å². The molecule has 1 aromatic rings. The average Bonchev–Trinajstić information content (AvgIpc) is 2.44. The van der Waals surface area contributed by atoms with Crippen LogP contribution in [0.25, 0.3) is 0 Å². The smallest absolute Gasteiger partial charge is 0.267 e. The van der Waals surface area contributed by atoms with Crippen molar-refractivity contribution in [3.63, 3.8) is 0 Å². The largest absolute Gasteiger partial charge is 0.479 e. The van der Waals surface area contributed by atoms with Gasteiger partial charge in [-0.05, 0) is 37.5 Å². The number of nitrogens with two attached hydrogens (primary N) is 1. The molecule has 4 heteroatoms. The van der Waals surface area contributed by atoms with Gasteiger partial charge in [0.2, 0.25) is 0 Å². The first kappa shape index (κ1) is 14.9. The summed E-state index contributed by atoms with van der Waals surface area (Å²) < 4.78 is 5.68. The molecule has 2 rings (SSSR count). The third-order valence-electron chi connectivity index (χ3n) is 3.67. The van der Waals surface area contributed by atoms with Crippen LogP contribution in [0.5, 0.6) is 5.75 Å². The maximum Gasteiger partial charge on any atom is 0.267 e. The Morgan fingerprint density at radius 2 is 2.10 bits per heavy atom. The van der Waals surface area contributed by atoms with Crippen molar-refractivity contribution >= 4 is 11.6 Å². The molecule has 0 spiro atoms. The van der Waals surface area contributed by atoms with Gasteiger partial charge in [-0.15, -0.1) is 0 Å². The zero-order chi connectivity index (χ0) is 14.7. The Labute approximate surface area is 120 Å². The topological polar surface area (TPSA) is 55.6 Å². The quantitative estimate of drug-likeness (QED) is 0.899. The molecule has 0 aromatic heterocycles. The van der Waals surface area contributed by atoms with Crippen molar-refractivity contribution in [3.05, 3.63) is 23.8 Å². The standard InChI is InChI=1S/C16H24N2O2/c1-4-6-13(17)12-7-8-15-14(10-12)18(9-5-2)16(19)11(3)20-15/h7-8,10-11,13H,4-6,9,17H2,1-3H3. The van der Waals surface area contributed by atoms with E-state index < -0.39 is 6.10 Å². The van der Waals surface area contributed by atoms with E-state index in [0.29, 0.717) is 6.54 Å². The minimum absolute atomic E-state index is 0.0169. The third kappa shape index (κ3) is 2.80. The van der Waals surface area contributed by atoms with E-state index in [9.17, 15) is 4.79 Å². The summed E-state index contributed by atoms with van der Waals surface area (Å²) in [5.41, 5.74) is 8.10. The van der Waals surface area contributed by atoms with Crippen molar-refractivity contribution in [1.29, 1.82) is 0 Å². The fourth-order valence-corrected chi connectivity index (χ4v) is 2.59. The van der Waals surface area contributed by atoms with Crippen LogP contribution < -0.4 is 15.4 Å². The van der Waals surface area contributed by atoms with Crippen LogP contribution in [0.3, 0.4) is 0 Å². The second kappa shape index (κ2) is 6.27. The van der Waals surface area contributed by atoms with Crippen LogP contribution >= 0.6 is 0 Å². The maximum absolute atomic E-state index is 12.3. The molecule has 1 amide bonds. The second-order valence-electron chi connectivity index (χ2n) is 5.37. The van der Waals surface area contributed by atoms with Crippen LogP contribution in [-0.4, -0.2) is 18.6 Å². The molecule has 1 heterocycles. The van der Waals surface area contributed by atoms with Gasteiger partial charge in [-0.1, -0.05) is 26.3 Å². The number of benzene rings is 1. The summed E-state index contributed by atoms with van der Waals surface area (Å²) in [7, 11) is 0. The molecule has 2 N–H and O–H groups in total. The second-order valence-corrected chi connectivity index (χ2v) is 5.37. The Kier molecular flexibility index (Phi) is 4.65. The molecule has 4 nitrogen and oxygen atoms in total.